The van der Waals surface area contributed by atoms with Gasteiger partial charge in [0.1, 0.15) is 0 Å². The standard InChI is InChI=1S/C15H30O2S.C5H12O4/c1-4-7-8-9-10-11-12-13-14(5-2)18-17-15(16)6-3;6-1-5(2-7,3-8)4-9/h14H,4-13H2,1-3H3;6-9H,1-4H2. The predicted molar refractivity (Wildman–Crippen MR) is 111 cm³/mol. The van der Waals surface area contributed by atoms with Gasteiger partial charge in [-0.1, -0.05) is 65.7 Å². The van der Waals surface area contributed by atoms with Gasteiger partial charge >= 0.3 is 5.97 Å². The molecule has 6 nitrogen and oxygen atoms in total. The zero-order chi connectivity index (χ0) is 21.0. The van der Waals surface area contributed by atoms with Crippen LogP contribution >= 0.6 is 12.0 Å². The molecule has 1 atom stereocenters. The Morgan fingerprint density at radius 3 is 1.70 bits per heavy atom. The number of aliphatic hydroxyl groups excluding tert-OH is 4. The third-order valence-electron chi connectivity index (χ3n) is 4.49. The fourth-order valence-corrected chi connectivity index (χ4v) is 2.89. The molecule has 0 heterocycles. The van der Waals surface area contributed by atoms with Gasteiger partial charge in [-0.3, -0.25) is 4.79 Å². The first kappa shape index (κ1) is 28.9. The minimum Gasteiger partial charge on any atom is -0.396 e. The maximum atomic E-state index is 11.1. The summed E-state index contributed by atoms with van der Waals surface area (Å²) in [6, 6.07) is 0. The molecule has 0 fully saturated rings. The quantitative estimate of drug-likeness (QED) is 0.228. The third-order valence-corrected chi connectivity index (χ3v) is 5.62. The molecule has 27 heavy (non-hydrogen) atoms. The molecule has 0 aliphatic carbocycles. The second-order valence-electron chi connectivity index (χ2n) is 6.98. The Labute approximate surface area is 169 Å². The average Bonchev–Trinajstić information content (AvgIpc) is 2.72. The summed E-state index contributed by atoms with van der Waals surface area (Å²) in [6.45, 7) is 4.62. The van der Waals surface area contributed by atoms with Crippen molar-refractivity contribution in [3.63, 3.8) is 0 Å². The first-order valence-electron chi connectivity index (χ1n) is 10.3. The minimum atomic E-state index is -1.11. The van der Waals surface area contributed by atoms with Crippen LogP contribution in [0.4, 0.5) is 0 Å². The smallest absolute Gasteiger partial charge is 0.317 e. The Morgan fingerprint density at radius 1 is 0.852 bits per heavy atom. The lowest BCUT2D eigenvalue weighted by atomic mass is 9.93. The maximum absolute atomic E-state index is 11.1. The van der Waals surface area contributed by atoms with Gasteiger partial charge in [0.2, 0.25) is 0 Å². The first-order chi connectivity index (χ1) is 13.0. The Bertz CT molecular complexity index is 306. The largest absolute Gasteiger partial charge is 0.396 e. The van der Waals surface area contributed by atoms with E-state index in [9.17, 15) is 4.79 Å². The molecular formula is C20H42O6S. The Balaban J connectivity index is 0. The van der Waals surface area contributed by atoms with Crippen LogP contribution in [0.5, 0.6) is 0 Å². The summed E-state index contributed by atoms with van der Waals surface area (Å²) in [6.07, 6.45) is 12.1. The highest BCUT2D eigenvalue weighted by Gasteiger charge is 2.26. The van der Waals surface area contributed by atoms with Crippen LogP contribution in [0.2, 0.25) is 0 Å². The molecule has 0 spiro atoms. The normalized spacial score (nSPS) is 12.3. The number of hydrogen-bond acceptors (Lipinski definition) is 7. The minimum absolute atomic E-state index is 0.0991. The Kier molecular flexibility index (Phi) is 21.8. The van der Waals surface area contributed by atoms with Crippen LogP contribution in [0.25, 0.3) is 0 Å². The van der Waals surface area contributed by atoms with Gasteiger partial charge in [-0.15, -0.1) is 0 Å². The van der Waals surface area contributed by atoms with Gasteiger partial charge in [-0.2, -0.15) is 0 Å². The summed E-state index contributed by atoms with van der Waals surface area (Å²) in [5, 5.41) is 34.5. The number of unbranched alkanes of at least 4 members (excludes halogenated alkanes) is 6. The van der Waals surface area contributed by atoms with E-state index in [1.807, 2.05) is 6.92 Å². The molecule has 0 amide bonds. The van der Waals surface area contributed by atoms with Crippen molar-refractivity contribution in [3.05, 3.63) is 0 Å². The first-order valence-corrected chi connectivity index (χ1v) is 11.1. The lowest BCUT2D eigenvalue weighted by molar-refractivity contribution is -0.132. The monoisotopic (exact) mass is 410 g/mol. The van der Waals surface area contributed by atoms with Crippen LogP contribution in [0.3, 0.4) is 0 Å². The van der Waals surface area contributed by atoms with Gasteiger partial charge in [0.25, 0.3) is 0 Å². The molecule has 0 aromatic rings. The molecule has 0 saturated carbocycles. The van der Waals surface area contributed by atoms with E-state index in [4.69, 9.17) is 24.6 Å². The van der Waals surface area contributed by atoms with E-state index < -0.39 is 31.8 Å². The molecule has 0 aromatic carbocycles. The highest BCUT2D eigenvalue weighted by Crippen LogP contribution is 2.23. The summed E-state index contributed by atoms with van der Waals surface area (Å²) in [5.74, 6) is -0.0991. The van der Waals surface area contributed by atoms with E-state index in [-0.39, 0.29) is 5.97 Å². The number of rotatable bonds is 16. The van der Waals surface area contributed by atoms with Crippen LogP contribution < -0.4 is 0 Å². The Hall–Kier alpha value is -0.340. The number of carbonyl (C=O) groups is 1. The van der Waals surface area contributed by atoms with Crippen molar-refractivity contribution in [1.29, 1.82) is 0 Å². The van der Waals surface area contributed by atoms with E-state index in [1.54, 1.807) is 0 Å². The van der Waals surface area contributed by atoms with E-state index in [0.29, 0.717) is 11.7 Å². The van der Waals surface area contributed by atoms with Crippen LogP contribution in [-0.2, 0) is 8.98 Å². The van der Waals surface area contributed by atoms with Gasteiger partial charge < -0.3 is 24.6 Å². The Morgan fingerprint density at radius 2 is 1.33 bits per heavy atom. The van der Waals surface area contributed by atoms with Crippen LogP contribution in [0.1, 0.15) is 85.0 Å². The molecule has 4 N–H and O–H groups in total. The van der Waals surface area contributed by atoms with Crippen molar-refractivity contribution >= 4 is 18.0 Å². The van der Waals surface area contributed by atoms with Gasteiger partial charge in [-0.25, -0.2) is 0 Å². The highest BCUT2D eigenvalue weighted by molar-refractivity contribution is 7.95. The zero-order valence-corrected chi connectivity index (χ0v) is 18.3. The van der Waals surface area contributed by atoms with Crippen molar-refractivity contribution in [2.75, 3.05) is 26.4 Å². The van der Waals surface area contributed by atoms with Crippen LogP contribution in [0, 0.1) is 5.41 Å². The van der Waals surface area contributed by atoms with E-state index in [0.717, 1.165) is 6.42 Å². The van der Waals surface area contributed by atoms with Crippen LogP contribution in [0.15, 0.2) is 0 Å². The average molecular weight is 411 g/mol. The highest BCUT2D eigenvalue weighted by atomic mass is 32.2. The molecule has 164 valence electrons. The van der Waals surface area contributed by atoms with Crippen molar-refractivity contribution < 1.29 is 29.4 Å². The molecule has 0 bridgehead atoms. The van der Waals surface area contributed by atoms with Gasteiger partial charge in [0, 0.05) is 11.7 Å². The second kappa shape index (κ2) is 20.4. The summed E-state index contributed by atoms with van der Waals surface area (Å²) < 4.78 is 5.13. The summed E-state index contributed by atoms with van der Waals surface area (Å²) in [5.41, 5.74) is -1.11. The van der Waals surface area contributed by atoms with Crippen molar-refractivity contribution in [1.82, 2.24) is 0 Å². The zero-order valence-electron chi connectivity index (χ0n) is 17.5. The fraction of sp³-hybridized carbons (Fsp3) is 0.950. The van der Waals surface area contributed by atoms with E-state index in [1.165, 1.54) is 63.4 Å². The van der Waals surface area contributed by atoms with E-state index in [2.05, 4.69) is 13.8 Å². The molecule has 7 heteroatoms. The lowest BCUT2D eigenvalue weighted by Crippen LogP contribution is -2.37. The summed E-state index contributed by atoms with van der Waals surface area (Å²) in [4.78, 5) is 11.1. The third kappa shape index (κ3) is 16.3. The lowest BCUT2D eigenvalue weighted by Gasteiger charge is -2.23. The number of carbonyl (C=O) groups excluding carboxylic acids is 1. The molecular weight excluding hydrogens is 368 g/mol. The van der Waals surface area contributed by atoms with Crippen molar-refractivity contribution in [2.24, 2.45) is 5.41 Å². The summed E-state index contributed by atoms with van der Waals surface area (Å²) >= 11 is 1.38. The molecule has 0 aromatic heterocycles. The SMILES string of the molecule is CCCCCCCCCC(CC)SOC(=O)CC.OCC(CO)(CO)CO. The molecule has 0 radical (unpaired) electrons. The summed E-state index contributed by atoms with van der Waals surface area (Å²) in [7, 11) is 0. The maximum Gasteiger partial charge on any atom is 0.317 e. The van der Waals surface area contributed by atoms with Gasteiger partial charge in [0.15, 0.2) is 0 Å². The topological polar surface area (TPSA) is 107 Å². The van der Waals surface area contributed by atoms with Crippen molar-refractivity contribution in [2.45, 2.75) is 90.2 Å². The molecule has 0 rings (SSSR count). The number of hydrogen-bond donors (Lipinski definition) is 4. The second-order valence-corrected chi connectivity index (χ2v) is 8.00. The van der Waals surface area contributed by atoms with E-state index >= 15 is 0 Å². The van der Waals surface area contributed by atoms with Gasteiger partial charge in [-0.05, 0) is 12.8 Å². The molecule has 0 aliphatic rings. The molecule has 0 aliphatic heterocycles. The molecule has 1 unspecified atom stereocenters. The van der Waals surface area contributed by atoms with Crippen molar-refractivity contribution in [3.8, 4) is 0 Å². The van der Waals surface area contributed by atoms with Gasteiger partial charge in [0.05, 0.1) is 43.9 Å². The fourth-order valence-electron chi connectivity index (χ4n) is 2.13. The molecule has 0 saturated heterocycles. The number of aliphatic hydroxyl groups is 4. The predicted octanol–water partition coefficient (Wildman–Crippen LogP) is 3.45. The van der Waals surface area contributed by atoms with Crippen LogP contribution in [-0.4, -0.2) is 58.1 Å².